The van der Waals surface area contributed by atoms with Crippen LogP contribution in [0.15, 0.2) is 16.7 Å². The molecule has 1 aromatic rings. The van der Waals surface area contributed by atoms with Gasteiger partial charge in [0.25, 0.3) is 0 Å². The molecule has 0 fully saturated rings. The summed E-state index contributed by atoms with van der Waals surface area (Å²) in [6, 6.07) is 1.99. The smallest absolute Gasteiger partial charge is 0.104 e. The molecule has 0 aliphatic carbocycles. The highest BCUT2D eigenvalue weighted by atomic mass is 16.3. The molecule has 0 aromatic carbocycles. The molecule has 2 heteroatoms. The zero-order valence-electron chi connectivity index (χ0n) is 7.35. The number of hydrogen-bond acceptors (Lipinski definition) is 2. The molecule has 2 nitrogen and oxygen atoms in total. The Labute approximate surface area is 67.4 Å². The molecule has 0 amide bonds. The van der Waals surface area contributed by atoms with Crippen LogP contribution >= 0.6 is 0 Å². The highest BCUT2D eigenvalue weighted by Crippen LogP contribution is 2.25. The predicted octanol–water partition coefficient (Wildman–Crippen LogP) is 1.82. The van der Waals surface area contributed by atoms with Gasteiger partial charge in [-0.2, -0.15) is 0 Å². The van der Waals surface area contributed by atoms with E-state index in [1.165, 1.54) is 5.56 Å². The molecule has 62 valence electrons. The SMILES string of the molecule is Cc1occc1C(C)(C)CN. The Morgan fingerprint density at radius 3 is 2.55 bits per heavy atom. The van der Waals surface area contributed by atoms with E-state index < -0.39 is 0 Å². The summed E-state index contributed by atoms with van der Waals surface area (Å²) in [5.74, 6) is 0.973. The molecule has 1 aromatic heterocycles. The average molecular weight is 153 g/mol. The summed E-state index contributed by atoms with van der Waals surface area (Å²) in [6.07, 6.45) is 1.71. The summed E-state index contributed by atoms with van der Waals surface area (Å²) in [4.78, 5) is 0. The lowest BCUT2D eigenvalue weighted by molar-refractivity contribution is 0.491. The van der Waals surface area contributed by atoms with Crippen molar-refractivity contribution in [2.45, 2.75) is 26.2 Å². The van der Waals surface area contributed by atoms with E-state index in [4.69, 9.17) is 10.2 Å². The second-order valence-corrected chi connectivity index (χ2v) is 3.48. The van der Waals surface area contributed by atoms with Gasteiger partial charge in [-0.15, -0.1) is 0 Å². The summed E-state index contributed by atoms with van der Waals surface area (Å²) in [6.45, 7) is 6.84. The second kappa shape index (κ2) is 2.70. The molecule has 2 N–H and O–H groups in total. The van der Waals surface area contributed by atoms with E-state index in [0.29, 0.717) is 6.54 Å². The Balaban J connectivity index is 3.00. The van der Waals surface area contributed by atoms with E-state index in [-0.39, 0.29) is 5.41 Å². The fourth-order valence-corrected chi connectivity index (χ4v) is 1.20. The van der Waals surface area contributed by atoms with Crippen molar-refractivity contribution < 1.29 is 4.42 Å². The van der Waals surface area contributed by atoms with Crippen LogP contribution in [0.25, 0.3) is 0 Å². The van der Waals surface area contributed by atoms with Gasteiger partial charge >= 0.3 is 0 Å². The normalized spacial score (nSPS) is 12.0. The molecule has 0 atom stereocenters. The van der Waals surface area contributed by atoms with Gasteiger partial charge in [0.15, 0.2) is 0 Å². The molecule has 1 heterocycles. The van der Waals surface area contributed by atoms with Crippen LogP contribution in [-0.2, 0) is 5.41 Å². The van der Waals surface area contributed by atoms with Crippen LogP contribution in [0.1, 0.15) is 25.2 Å². The molecule has 1 rings (SSSR count). The van der Waals surface area contributed by atoms with Gasteiger partial charge in [0.2, 0.25) is 0 Å². The molecule has 0 aliphatic rings. The maximum absolute atomic E-state index is 5.62. The number of nitrogens with two attached hydrogens (primary N) is 1. The summed E-state index contributed by atoms with van der Waals surface area (Å²) in [5.41, 5.74) is 6.87. The molecule has 0 unspecified atom stereocenters. The monoisotopic (exact) mass is 153 g/mol. The van der Waals surface area contributed by atoms with Gasteiger partial charge in [-0.3, -0.25) is 0 Å². The highest BCUT2D eigenvalue weighted by Gasteiger charge is 2.21. The minimum Gasteiger partial charge on any atom is -0.469 e. The number of hydrogen-bond donors (Lipinski definition) is 1. The minimum absolute atomic E-state index is 0.0388. The van der Waals surface area contributed by atoms with Crippen molar-refractivity contribution >= 4 is 0 Å². The number of aryl methyl sites for hydroxylation is 1. The van der Waals surface area contributed by atoms with Crippen molar-refractivity contribution in [3.8, 4) is 0 Å². The Morgan fingerprint density at radius 1 is 1.55 bits per heavy atom. The molecule has 0 spiro atoms. The van der Waals surface area contributed by atoms with E-state index in [2.05, 4.69) is 13.8 Å². The molecule has 0 saturated carbocycles. The van der Waals surface area contributed by atoms with Crippen molar-refractivity contribution in [3.63, 3.8) is 0 Å². The Bertz CT molecular complexity index is 237. The molecule has 0 aliphatic heterocycles. The Kier molecular flexibility index (Phi) is 2.05. The zero-order chi connectivity index (χ0) is 8.48. The molecule has 0 bridgehead atoms. The second-order valence-electron chi connectivity index (χ2n) is 3.48. The van der Waals surface area contributed by atoms with E-state index in [1.807, 2.05) is 13.0 Å². The third-order valence-corrected chi connectivity index (χ3v) is 2.10. The lowest BCUT2D eigenvalue weighted by Crippen LogP contribution is -2.28. The first kappa shape index (κ1) is 8.34. The van der Waals surface area contributed by atoms with Gasteiger partial charge in [-0.05, 0) is 13.0 Å². The van der Waals surface area contributed by atoms with Crippen LogP contribution in [0, 0.1) is 6.92 Å². The standard InChI is InChI=1S/C9H15NO/c1-7-8(4-5-11-7)9(2,3)6-10/h4-5H,6,10H2,1-3H3. The van der Waals surface area contributed by atoms with E-state index in [9.17, 15) is 0 Å². The predicted molar refractivity (Wildman–Crippen MR) is 45.5 cm³/mol. The van der Waals surface area contributed by atoms with Gasteiger partial charge < -0.3 is 10.2 Å². The quantitative estimate of drug-likeness (QED) is 0.704. The summed E-state index contributed by atoms with van der Waals surface area (Å²) < 4.78 is 5.20. The van der Waals surface area contributed by atoms with Gasteiger partial charge in [-0.1, -0.05) is 13.8 Å². The fourth-order valence-electron chi connectivity index (χ4n) is 1.20. The first-order valence-electron chi connectivity index (χ1n) is 3.82. The van der Waals surface area contributed by atoms with Gasteiger partial charge in [0.05, 0.1) is 6.26 Å². The molecule has 0 saturated heterocycles. The maximum Gasteiger partial charge on any atom is 0.104 e. The van der Waals surface area contributed by atoms with Crippen molar-refractivity contribution in [3.05, 3.63) is 23.7 Å². The van der Waals surface area contributed by atoms with Crippen LogP contribution in [0.2, 0.25) is 0 Å². The molecule has 0 radical (unpaired) electrons. The summed E-state index contributed by atoms with van der Waals surface area (Å²) in [7, 11) is 0. The first-order valence-corrected chi connectivity index (χ1v) is 3.82. The van der Waals surface area contributed by atoms with E-state index in [0.717, 1.165) is 5.76 Å². The lowest BCUT2D eigenvalue weighted by atomic mass is 9.85. The van der Waals surface area contributed by atoms with E-state index in [1.54, 1.807) is 6.26 Å². The zero-order valence-corrected chi connectivity index (χ0v) is 7.35. The van der Waals surface area contributed by atoms with Crippen LogP contribution in [0.4, 0.5) is 0 Å². The topological polar surface area (TPSA) is 39.2 Å². The fraction of sp³-hybridized carbons (Fsp3) is 0.556. The van der Waals surface area contributed by atoms with Crippen LogP contribution in [0.3, 0.4) is 0 Å². The average Bonchev–Trinajstić information content (AvgIpc) is 2.36. The van der Waals surface area contributed by atoms with Crippen LogP contribution < -0.4 is 5.73 Å². The Morgan fingerprint density at radius 2 is 2.18 bits per heavy atom. The summed E-state index contributed by atoms with van der Waals surface area (Å²) >= 11 is 0. The third kappa shape index (κ3) is 1.46. The van der Waals surface area contributed by atoms with Crippen LogP contribution in [-0.4, -0.2) is 6.54 Å². The van der Waals surface area contributed by atoms with E-state index >= 15 is 0 Å². The largest absolute Gasteiger partial charge is 0.469 e. The minimum atomic E-state index is 0.0388. The summed E-state index contributed by atoms with van der Waals surface area (Å²) in [5, 5.41) is 0. The Hall–Kier alpha value is -0.760. The number of rotatable bonds is 2. The van der Waals surface area contributed by atoms with Crippen molar-refractivity contribution in [1.82, 2.24) is 0 Å². The molecule has 11 heavy (non-hydrogen) atoms. The highest BCUT2D eigenvalue weighted by molar-refractivity contribution is 5.25. The van der Waals surface area contributed by atoms with Crippen molar-refractivity contribution in [2.24, 2.45) is 5.73 Å². The van der Waals surface area contributed by atoms with Gasteiger partial charge in [0, 0.05) is 17.5 Å². The first-order chi connectivity index (χ1) is 5.08. The lowest BCUT2D eigenvalue weighted by Gasteiger charge is -2.21. The number of furan rings is 1. The van der Waals surface area contributed by atoms with Gasteiger partial charge in [0.1, 0.15) is 5.76 Å². The molecular formula is C9H15NO. The van der Waals surface area contributed by atoms with Crippen molar-refractivity contribution in [2.75, 3.05) is 6.54 Å². The van der Waals surface area contributed by atoms with Gasteiger partial charge in [-0.25, -0.2) is 0 Å². The third-order valence-electron chi connectivity index (χ3n) is 2.10. The van der Waals surface area contributed by atoms with Crippen molar-refractivity contribution in [1.29, 1.82) is 0 Å². The molecular weight excluding hydrogens is 138 g/mol. The maximum atomic E-state index is 5.62. The van der Waals surface area contributed by atoms with Crippen LogP contribution in [0.5, 0.6) is 0 Å².